The number of aliphatic hydroxyl groups is 1. The number of nitro benzene ring substituents is 1. The summed E-state index contributed by atoms with van der Waals surface area (Å²) in [4.78, 5) is 71.9. The van der Waals surface area contributed by atoms with Crippen molar-refractivity contribution in [3.05, 3.63) is 31.4 Å². The maximum absolute atomic E-state index is 13.1. The molecule has 1 aromatic carbocycles. The fraction of sp³-hybridized carbons (Fsp3) is 0.450. The van der Waals surface area contributed by atoms with E-state index in [1.807, 2.05) is 0 Å². The maximum atomic E-state index is 13.1. The number of rotatable bonds is 6. The number of non-ortho nitro benzene ring substituents is 1. The number of halogens is 1. The number of nitrogens with one attached hydrogen (secondary N) is 4. The summed E-state index contributed by atoms with van der Waals surface area (Å²) in [7, 11) is 0. The van der Waals surface area contributed by atoms with E-state index in [4.69, 9.17) is 5.73 Å². The number of hydrogen-bond acceptors (Lipinski definition) is 10. The summed E-state index contributed by atoms with van der Waals surface area (Å²) in [6, 6.07) is -1.97. The monoisotopic (exact) mass is 619 g/mol. The van der Waals surface area contributed by atoms with Gasteiger partial charge in [-0.2, -0.15) is 0 Å². The molecule has 1 aliphatic rings. The molecule has 0 fully saturated rings. The largest absolute Gasteiger partial charge is 0.550 e. The van der Waals surface area contributed by atoms with E-state index < -0.39 is 77.8 Å². The third-order valence-electron chi connectivity index (χ3n) is 5.24. The van der Waals surface area contributed by atoms with Crippen LogP contribution in [0.25, 0.3) is 0 Å². The van der Waals surface area contributed by atoms with Crippen LogP contribution in [0.4, 0.5) is 11.4 Å². The predicted octanol–water partition coefficient (Wildman–Crippen LogP) is -2.52. The van der Waals surface area contributed by atoms with Crippen molar-refractivity contribution in [1.82, 2.24) is 16.0 Å². The van der Waals surface area contributed by atoms with E-state index in [0.29, 0.717) is 3.57 Å². The summed E-state index contributed by atoms with van der Waals surface area (Å²) in [6.07, 6.45) is -0.750. The molecule has 36 heavy (non-hydrogen) atoms. The van der Waals surface area contributed by atoms with Crippen LogP contribution in [0.2, 0.25) is 0 Å². The highest BCUT2D eigenvalue weighted by Crippen LogP contribution is 2.29. The predicted molar refractivity (Wildman–Crippen MR) is 129 cm³/mol. The van der Waals surface area contributed by atoms with E-state index in [9.17, 15) is 44.3 Å². The molecule has 3 unspecified atom stereocenters. The highest BCUT2D eigenvalue weighted by molar-refractivity contribution is 14.1. The number of aliphatic carboxylic acids is 1. The summed E-state index contributed by atoms with van der Waals surface area (Å²) in [5, 5.41) is 41.8. The van der Waals surface area contributed by atoms with E-state index in [0.717, 1.165) is 6.07 Å². The van der Waals surface area contributed by atoms with Gasteiger partial charge in [0.05, 0.1) is 22.8 Å². The molecule has 0 spiro atoms. The Morgan fingerprint density at radius 2 is 1.81 bits per heavy atom. The third kappa shape index (κ3) is 7.74. The first-order chi connectivity index (χ1) is 16.9. The summed E-state index contributed by atoms with van der Waals surface area (Å²) >= 11 is 1.79. The zero-order valence-corrected chi connectivity index (χ0v) is 20.9. The minimum atomic E-state index is -1.54. The van der Waals surface area contributed by atoms with Gasteiger partial charge in [-0.1, -0.05) is 0 Å². The molecule has 0 aromatic heterocycles. The molecule has 1 aliphatic heterocycles. The number of nitro groups is 1. The average molecular weight is 619 g/mol. The van der Waals surface area contributed by atoms with Crippen LogP contribution in [-0.4, -0.2) is 70.9 Å². The van der Waals surface area contributed by atoms with Gasteiger partial charge >= 0.3 is 0 Å². The van der Waals surface area contributed by atoms with Crippen molar-refractivity contribution < 1.29 is 39.1 Å². The molecule has 196 valence electrons. The molecule has 0 bridgehead atoms. The smallest absolute Gasteiger partial charge is 0.271 e. The van der Waals surface area contributed by atoms with E-state index in [-0.39, 0.29) is 30.6 Å². The Labute approximate surface area is 217 Å². The van der Waals surface area contributed by atoms with E-state index in [1.165, 1.54) is 6.07 Å². The van der Waals surface area contributed by atoms with Gasteiger partial charge in [-0.05, 0) is 48.3 Å². The Morgan fingerprint density at radius 1 is 1.14 bits per heavy atom. The highest BCUT2D eigenvalue weighted by atomic mass is 127. The van der Waals surface area contributed by atoms with Crippen LogP contribution >= 0.6 is 22.6 Å². The van der Waals surface area contributed by atoms with Crippen molar-refractivity contribution in [2.24, 2.45) is 5.73 Å². The lowest BCUT2D eigenvalue weighted by Gasteiger charge is -2.23. The molecule has 16 heteroatoms. The van der Waals surface area contributed by atoms with Gasteiger partial charge in [0.1, 0.15) is 18.1 Å². The first kappa shape index (κ1) is 28.7. The zero-order valence-electron chi connectivity index (χ0n) is 18.7. The van der Waals surface area contributed by atoms with Crippen molar-refractivity contribution in [2.45, 2.75) is 43.8 Å². The van der Waals surface area contributed by atoms with Crippen LogP contribution in [-0.2, 0) is 19.2 Å². The molecule has 4 amide bonds. The Morgan fingerprint density at radius 3 is 2.39 bits per heavy atom. The van der Waals surface area contributed by atoms with Gasteiger partial charge in [0.15, 0.2) is 0 Å². The van der Waals surface area contributed by atoms with E-state index in [1.54, 1.807) is 22.6 Å². The second-order valence-corrected chi connectivity index (χ2v) is 8.98. The number of carboxylic acid groups (broad SMARTS) is 1. The molecule has 15 nitrogen and oxygen atoms in total. The zero-order chi connectivity index (χ0) is 27.0. The fourth-order valence-electron chi connectivity index (χ4n) is 3.37. The molecule has 2 rings (SSSR count). The van der Waals surface area contributed by atoms with Gasteiger partial charge in [0.25, 0.3) is 11.6 Å². The maximum Gasteiger partial charge on any atom is 0.271 e. The second kappa shape index (κ2) is 13.0. The van der Waals surface area contributed by atoms with Crippen LogP contribution < -0.4 is 32.1 Å². The number of anilines is 1. The number of primary amides is 1. The number of carboxylic acids is 1. The summed E-state index contributed by atoms with van der Waals surface area (Å²) in [6.45, 7) is -0.707. The van der Waals surface area contributed by atoms with Crippen LogP contribution in [0.15, 0.2) is 12.1 Å². The molecule has 0 aliphatic carbocycles. The number of nitrogens with zero attached hydrogens (tertiary/aromatic N) is 1. The quantitative estimate of drug-likeness (QED) is 0.111. The summed E-state index contributed by atoms with van der Waals surface area (Å²) in [5.74, 6) is -5.23. The molecule has 7 N–H and O–H groups in total. The van der Waals surface area contributed by atoms with E-state index in [2.05, 4.69) is 21.3 Å². The van der Waals surface area contributed by atoms with Crippen molar-refractivity contribution in [2.75, 3.05) is 18.5 Å². The molecule has 0 radical (unpaired) electrons. The lowest BCUT2D eigenvalue weighted by molar-refractivity contribution is -0.385. The minimum Gasteiger partial charge on any atom is -0.550 e. The van der Waals surface area contributed by atoms with Crippen molar-refractivity contribution in [3.63, 3.8) is 0 Å². The first-order valence-corrected chi connectivity index (χ1v) is 11.8. The third-order valence-corrected chi connectivity index (χ3v) is 6.09. The number of carbonyl (C=O) groups is 5. The number of carbonyl (C=O) groups excluding carboxylic acids is 5. The highest BCUT2D eigenvalue weighted by Gasteiger charge is 2.30. The Kier molecular flexibility index (Phi) is 10.3. The molecule has 0 saturated carbocycles. The molecular formula is C20H24IN6O9-. The number of hydrogen-bond donors (Lipinski definition) is 6. The second-order valence-electron chi connectivity index (χ2n) is 7.82. The van der Waals surface area contributed by atoms with E-state index >= 15 is 0 Å². The standard InChI is InChI=1S/C20H25IN6O9/c21-11-7-9(27(35)36)6-10-16(11)23-5-1-2-12(17(22)31)24-20(34)14(8-28)26-19(33)13(25-18(10)32)3-4-15(29)30/h6-7,12-14,23,28H,1-5,8H2,(H2,22,31)(H,24,34)(H,25,32)(H,26,33)(H,29,30)/p-1. The summed E-state index contributed by atoms with van der Waals surface area (Å²) in [5.41, 5.74) is 4.98. The fourth-order valence-corrected chi connectivity index (χ4v) is 4.17. The number of nitrogens with two attached hydrogens (primary N) is 1. The number of amides is 4. The number of aliphatic hydroxyl groups excluding tert-OH is 1. The normalized spacial score (nSPS) is 21.4. The van der Waals surface area contributed by atoms with Crippen molar-refractivity contribution in [3.8, 4) is 0 Å². The van der Waals surface area contributed by atoms with Crippen LogP contribution in [0.3, 0.4) is 0 Å². The average Bonchev–Trinajstić information content (AvgIpc) is 2.81. The SMILES string of the molecule is NC(=O)C1CCCNc2c(I)cc([N+](=O)[O-])cc2C(=O)NC(CCC(=O)[O-])C(=O)NC(CO)C(=O)N1. The molecular weight excluding hydrogens is 595 g/mol. The Balaban J connectivity index is 2.53. The van der Waals surface area contributed by atoms with Crippen molar-refractivity contribution in [1.29, 1.82) is 0 Å². The number of fused-ring (bicyclic) bond motifs is 1. The van der Waals surface area contributed by atoms with Gasteiger partial charge in [-0.15, -0.1) is 0 Å². The van der Waals surface area contributed by atoms with Gasteiger partial charge in [-0.25, -0.2) is 0 Å². The van der Waals surface area contributed by atoms with Crippen molar-refractivity contribution >= 4 is 63.6 Å². The molecule has 0 saturated heterocycles. The van der Waals surface area contributed by atoms with Crippen LogP contribution in [0, 0.1) is 13.7 Å². The van der Waals surface area contributed by atoms with Crippen LogP contribution in [0.1, 0.15) is 36.0 Å². The Bertz CT molecular complexity index is 1070. The van der Waals surface area contributed by atoms with Crippen LogP contribution in [0.5, 0.6) is 0 Å². The van der Waals surface area contributed by atoms with Gasteiger partial charge in [0, 0.05) is 28.2 Å². The molecule has 1 aromatic rings. The van der Waals surface area contributed by atoms with Gasteiger partial charge < -0.3 is 42.0 Å². The number of benzene rings is 1. The molecule has 3 atom stereocenters. The van der Waals surface area contributed by atoms with Gasteiger partial charge in [-0.3, -0.25) is 29.3 Å². The molecule has 1 heterocycles. The Hall–Kier alpha value is -3.54. The topological polar surface area (TPSA) is 246 Å². The summed E-state index contributed by atoms with van der Waals surface area (Å²) < 4.78 is 0.312. The minimum absolute atomic E-state index is 0.0689. The van der Waals surface area contributed by atoms with Gasteiger partial charge in [0.2, 0.25) is 17.7 Å². The first-order valence-electron chi connectivity index (χ1n) is 10.7. The lowest BCUT2D eigenvalue weighted by atomic mass is 10.1. The lowest BCUT2D eigenvalue weighted by Crippen LogP contribution is -2.57.